The van der Waals surface area contributed by atoms with Crippen LogP contribution in [0, 0.1) is 5.41 Å². The van der Waals surface area contributed by atoms with Gasteiger partial charge < -0.3 is 15.4 Å². The van der Waals surface area contributed by atoms with Gasteiger partial charge in [-0.15, -0.1) is 0 Å². The van der Waals surface area contributed by atoms with Gasteiger partial charge in [0.1, 0.15) is 17.4 Å². The van der Waals surface area contributed by atoms with E-state index in [4.69, 9.17) is 15.9 Å². The van der Waals surface area contributed by atoms with Gasteiger partial charge in [-0.1, -0.05) is 18.2 Å². The number of nitrogens with zero attached hydrogens (tertiary/aromatic N) is 2. The van der Waals surface area contributed by atoms with Crippen LogP contribution >= 0.6 is 0 Å². The van der Waals surface area contributed by atoms with Gasteiger partial charge >= 0.3 is 0 Å². The summed E-state index contributed by atoms with van der Waals surface area (Å²) in [6.07, 6.45) is 1.69. The number of ether oxygens (including phenoxy) is 1. The zero-order valence-electron chi connectivity index (χ0n) is 11.6. The fraction of sp³-hybridized carbons (Fsp3) is 0.200. The Balaban J connectivity index is 2.29. The van der Waals surface area contributed by atoms with Gasteiger partial charge in [0.05, 0.1) is 12.7 Å². The van der Waals surface area contributed by atoms with Crippen molar-refractivity contribution in [2.24, 2.45) is 5.73 Å². The van der Waals surface area contributed by atoms with Gasteiger partial charge in [-0.3, -0.25) is 5.41 Å². The van der Waals surface area contributed by atoms with E-state index in [9.17, 15) is 0 Å². The monoisotopic (exact) mass is 270 g/mol. The molecule has 104 valence electrons. The minimum Gasteiger partial charge on any atom is -0.496 e. The predicted octanol–water partition coefficient (Wildman–Crippen LogP) is 2.01. The summed E-state index contributed by atoms with van der Waals surface area (Å²) >= 11 is 0. The van der Waals surface area contributed by atoms with E-state index in [1.807, 2.05) is 36.2 Å². The Bertz CT molecular complexity index is 612. The predicted molar refractivity (Wildman–Crippen MR) is 80.4 cm³/mol. The molecule has 5 heteroatoms. The van der Waals surface area contributed by atoms with Crippen molar-refractivity contribution in [1.29, 1.82) is 5.41 Å². The first-order valence-electron chi connectivity index (χ1n) is 6.26. The van der Waals surface area contributed by atoms with Crippen molar-refractivity contribution >= 4 is 11.7 Å². The van der Waals surface area contributed by atoms with Gasteiger partial charge in [-0.05, 0) is 18.2 Å². The van der Waals surface area contributed by atoms with Crippen molar-refractivity contribution in [2.75, 3.05) is 19.1 Å². The number of hydrogen-bond donors (Lipinski definition) is 2. The van der Waals surface area contributed by atoms with Crippen LogP contribution < -0.4 is 15.4 Å². The summed E-state index contributed by atoms with van der Waals surface area (Å²) in [6.45, 7) is 0.626. The van der Waals surface area contributed by atoms with Crippen LogP contribution in [0.2, 0.25) is 0 Å². The summed E-state index contributed by atoms with van der Waals surface area (Å²) < 4.78 is 5.35. The van der Waals surface area contributed by atoms with E-state index in [1.165, 1.54) is 0 Å². The van der Waals surface area contributed by atoms with E-state index in [1.54, 1.807) is 25.4 Å². The molecule has 1 aromatic heterocycles. The number of rotatable bonds is 5. The average Bonchev–Trinajstić information content (AvgIpc) is 2.47. The van der Waals surface area contributed by atoms with E-state index in [2.05, 4.69) is 4.98 Å². The molecule has 0 saturated carbocycles. The highest BCUT2D eigenvalue weighted by atomic mass is 16.5. The molecule has 0 spiro atoms. The van der Waals surface area contributed by atoms with E-state index in [0.717, 1.165) is 11.3 Å². The van der Waals surface area contributed by atoms with E-state index >= 15 is 0 Å². The van der Waals surface area contributed by atoms with Crippen molar-refractivity contribution in [1.82, 2.24) is 4.98 Å². The third kappa shape index (κ3) is 2.88. The van der Waals surface area contributed by atoms with Crippen LogP contribution in [-0.2, 0) is 6.54 Å². The lowest BCUT2D eigenvalue weighted by molar-refractivity contribution is 0.409. The van der Waals surface area contributed by atoms with Crippen LogP contribution in [-0.4, -0.2) is 25.0 Å². The Hall–Kier alpha value is -2.56. The van der Waals surface area contributed by atoms with Crippen LogP contribution in [0.3, 0.4) is 0 Å². The third-order valence-corrected chi connectivity index (χ3v) is 3.04. The number of nitrogens with one attached hydrogen (secondary N) is 1. The molecule has 1 heterocycles. The molecule has 1 aromatic carbocycles. The lowest BCUT2D eigenvalue weighted by Crippen LogP contribution is -2.23. The molecule has 20 heavy (non-hydrogen) atoms. The van der Waals surface area contributed by atoms with Gasteiger partial charge in [0.2, 0.25) is 0 Å². The average molecular weight is 270 g/mol. The summed E-state index contributed by atoms with van der Waals surface area (Å²) in [5.74, 6) is 1.53. The molecular formula is C15H18N4O. The number of anilines is 1. The van der Waals surface area contributed by atoms with Crippen molar-refractivity contribution in [3.05, 3.63) is 53.7 Å². The fourth-order valence-electron chi connectivity index (χ4n) is 2.08. The Kier molecular flexibility index (Phi) is 4.20. The van der Waals surface area contributed by atoms with Crippen LogP contribution in [0.15, 0.2) is 42.6 Å². The normalized spacial score (nSPS) is 10.1. The number of para-hydroxylation sites is 1. The van der Waals surface area contributed by atoms with Gasteiger partial charge in [0.15, 0.2) is 0 Å². The molecule has 5 nitrogen and oxygen atoms in total. The maximum atomic E-state index is 7.61. The molecule has 0 radical (unpaired) electrons. The number of methoxy groups -OCH3 is 1. The highest BCUT2D eigenvalue weighted by Gasteiger charge is 2.12. The van der Waals surface area contributed by atoms with E-state index in [-0.39, 0.29) is 5.84 Å². The fourth-order valence-corrected chi connectivity index (χ4v) is 2.08. The van der Waals surface area contributed by atoms with Crippen molar-refractivity contribution in [3.8, 4) is 5.75 Å². The summed E-state index contributed by atoms with van der Waals surface area (Å²) in [4.78, 5) is 6.27. The highest BCUT2D eigenvalue weighted by molar-refractivity contribution is 5.99. The lowest BCUT2D eigenvalue weighted by Gasteiger charge is -2.21. The molecule has 0 saturated heterocycles. The second-order valence-electron chi connectivity index (χ2n) is 4.46. The van der Waals surface area contributed by atoms with Crippen molar-refractivity contribution in [3.63, 3.8) is 0 Å². The molecule has 0 fully saturated rings. The maximum Gasteiger partial charge on any atom is 0.139 e. The zero-order chi connectivity index (χ0) is 14.5. The highest BCUT2D eigenvalue weighted by Crippen LogP contribution is 2.22. The standard InChI is InChI=1S/C15H18N4O/c1-19(10-11-6-3-4-8-13(11)20-2)15-12(14(16)17)7-5-9-18-15/h3-9H,10H2,1-2H3,(H3,16,17). The third-order valence-electron chi connectivity index (χ3n) is 3.04. The lowest BCUT2D eigenvalue weighted by atomic mass is 10.1. The quantitative estimate of drug-likeness (QED) is 0.643. The Morgan fingerprint density at radius 2 is 2.05 bits per heavy atom. The molecule has 0 aliphatic heterocycles. The summed E-state index contributed by atoms with van der Waals surface area (Å²) in [5.41, 5.74) is 7.28. The van der Waals surface area contributed by atoms with Crippen LogP contribution in [0.25, 0.3) is 0 Å². The van der Waals surface area contributed by atoms with Crippen LogP contribution in [0.1, 0.15) is 11.1 Å². The zero-order valence-corrected chi connectivity index (χ0v) is 11.6. The summed E-state index contributed by atoms with van der Waals surface area (Å²) in [7, 11) is 3.57. The first-order valence-corrected chi connectivity index (χ1v) is 6.26. The largest absolute Gasteiger partial charge is 0.496 e. The molecule has 3 N–H and O–H groups in total. The molecule has 0 aliphatic rings. The van der Waals surface area contributed by atoms with Gasteiger partial charge in [0.25, 0.3) is 0 Å². The summed E-state index contributed by atoms with van der Waals surface area (Å²) in [6, 6.07) is 11.4. The molecule has 0 atom stereocenters. The Morgan fingerprint density at radius 3 is 2.75 bits per heavy atom. The number of nitrogen functional groups attached to an aromatic ring is 1. The first kappa shape index (κ1) is 13.9. The van der Waals surface area contributed by atoms with Crippen molar-refractivity contribution < 1.29 is 4.74 Å². The number of pyridine rings is 1. The smallest absolute Gasteiger partial charge is 0.139 e. The number of nitrogens with two attached hydrogens (primary N) is 1. The van der Waals surface area contributed by atoms with Crippen LogP contribution in [0.5, 0.6) is 5.75 Å². The molecule has 0 unspecified atom stereocenters. The van der Waals surface area contributed by atoms with Crippen LogP contribution in [0.4, 0.5) is 5.82 Å². The first-order chi connectivity index (χ1) is 9.63. The Morgan fingerprint density at radius 1 is 1.30 bits per heavy atom. The SMILES string of the molecule is COc1ccccc1CN(C)c1ncccc1C(=N)N. The van der Waals surface area contributed by atoms with E-state index < -0.39 is 0 Å². The van der Waals surface area contributed by atoms with E-state index in [0.29, 0.717) is 17.9 Å². The Labute approximate surface area is 118 Å². The number of benzene rings is 1. The molecular weight excluding hydrogens is 252 g/mol. The second-order valence-corrected chi connectivity index (χ2v) is 4.46. The number of hydrogen-bond acceptors (Lipinski definition) is 4. The van der Waals surface area contributed by atoms with Gasteiger partial charge in [-0.2, -0.15) is 0 Å². The summed E-state index contributed by atoms with van der Waals surface area (Å²) in [5, 5.41) is 7.61. The second kappa shape index (κ2) is 6.06. The molecule has 2 rings (SSSR count). The molecule has 0 amide bonds. The number of amidine groups is 1. The van der Waals surface area contributed by atoms with Gasteiger partial charge in [0, 0.05) is 25.4 Å². The maximum absolute atomic E-state index is 7.61. The molecule has 0 bridgehead atoms. The molecule has 2 aromatic rings. The van der Waals surface area contributed by atoms with Crippen molar-refractivity contribution in [2.45, 2.75) is 6.54 Å². The van der Waals surface area contributed by atoms with Gasteiger partial charge in [-0.25, -0.2) is 4.98 Å². The minimum atomic E-state index is 0.0139. The molecule has 0 aliphatic carbocycles. The number of aromatic nitrogens is 1. The minimum absolute atomic E-state index is 0.0139. The topological polar surface area (TPSA) is 75.2 Å².